The van der Waals surface area contributed by atoms with Gasteiger partial charge in [0.2, 0.25) is 0 Å². The van der Waals surface area contributed by atoms with E-state index in [1.165, 1.54) is 5.56 Å². The van der Waals surface area contributed by atoms with Gasteiger partial charge in [0.25, 0.3) is 0 Å². The summed E-state index contributed by atoms with van der Waals surface area (Å²) >= 11 is 0. The second-order valence-corrected chi connectivity index (χ2v) is 4.73. The van der Waals surface area contributed by atoms with Gasteiger partial charge in [0.1, 0.15) is 0 Å². The van der Waals surface area contributed by atoms with Crippen LogP contribution < -0.4 is 5.32 Å². The molecule has 0 saturated heterocycles. The number of hydrogen-bond acceptors (Lipinski definition) is 2. The molecule has 0 unspecified atom stereocenters. The third kappa shape index (κ3) is 5.14. The Balaban J connectivity index is 2.46. The first-order valence-corrected chi connectivity index (χ1v) is 6.49. The van der Waals surface area contributed by atoms with Crippen molar-refractivity contribution in [3.05, 3.63) is 35.4 Å². The Kier molecular flexibility index (Phi) is 5.92. The summed E-state index contributed by atoms with van der Waals surface area (Å²) in [5.41, 5.74) is 2.14. The molecule has 1 rings (SSSR count). The quantitative estimate of drug-likeness (QED) is 0.733. The largest absolute Gasteiger partial charge is 0.314 e. The number of benzene rings is 1. The molecule has 2 heteroatoms. The van der Waals surface area contributed by atoms with E-state index in [0.29, 0.717) is 12.5 Å². The lowest BCUT2D eigenvalue weighted by Crippen LogP contribution is -2.25. The molecule has 0 radical (unpaired) electrons. The van der Waals surface area contributed by atoms with Gasteiger partial charge in [0.15, 0.2) is 5.78 Å². The molecule has 0 bridgehead atoms. The van der Waals surface area contributed by atoms with Crippen molar-refractivity contribution in [3.8, 4) is 0 Å². The molecule has 2 nitrogen and oxygen atoms in total. The highest BCUT2D eigenvalue weighted by Crippen LogP contribution is 2.08. The van der Waals surface area contributed by atoms with E-state index in [1.807, 2.05) is 12.1 Å². The SMILES string of the molecule is CCCc1ccc(C(=O)CCNC(C)C)cc1. The molecule has 1 aromatic carbocycles. The summed E-state index contributed by atoms with van der Waals surface area (Å²) in [5.74, 6) is 0.223. The van der Waals surface area contributed by atoms with E-state index in [9.17, 15) is 4.79 Å². The minimum absolute atomic E-state index is 0.223. The van der Waals surface area contributed by atoms with Gasteiger partial charge in [-0.05, 0) is 12.0 Å². The van der Waals surface area contributed by atoms with Crippen molar-refractivity contribution in [2.24, 2.45) is 0 Å². The van der Waals surface area contributed by atoms with Gasteiger partial charge in [-0.25, -0.2) is 0 Å². The average Bonchev–Trinajstić information content (AvgIpc) is 2.30. The molecule has 1 N–H and O–H groups in total. The van der Waals surface area contributed by atoms with E-state index >= 15 is 0 Å². The number of aryl methyl sites for hydroxylation is 1. The number of Topliss-reactive ketones (excluding diaryl/α,β-unsaturated/α-hetero) is 1. The van der Waals surface area contributed by atoms with Crippen LogP contribution in [0.4, 0.5) is 0 Å². The monoisotopic (exact) mass is 233 g/mol. The molecule has 0 aliphatic heterocycles. The van der Waals surface area contributed by atoms with Gasteiger partial charge in [-0.15, -0.1) is 0 Å². The van der Waals surface area contributed by atoms with Crippen LogP contribution in [0.1, 0.15) is 49.5 Å². The van der Waals surface area contributed by atoms with Crippen molar-refractivity contribution in [1.82, 2.24) is 5.32 Å². The highest BCUT2D eigenvalue weighted by atomic mass is 16.1. The van der Waals surface area contributed by atoms with Gasteiger partial charge < -0.3 is 5.32 Å². The summed E-state index contributed by atoms with van der Waals surface area (Å²) in [6, 6.07) is 8.46. The van der Waals surface area contributed by atoms with Crippen LogP contribution in [0.5, 0.6) is 0 Å². The van der Waals surface area contributed by atoms with Crippen molar-refractivity contribution in [1.29, 1.82) is 0 Å². The number of hydrogen-bond donors (Lipinski definition) is 1. The molecule has 0 heterocycles. The third-order valence-corrected chi connectivity index (χ3v) is 2.72. The minimum atomic E-state index is 0.223. The van der Waals surface area contributed by atoms with Crippen LogP contribution in [0.2, 0.25) is 0 Å². The fourth-order valence-corrected chi connectivity index (χ4v) is 1.76. The fourth-order valence-electron chi connectivity index (χ4n) is 1.76. The van der Waals surface area contributed by atoms with E-state index in [2.05, 4.69) is 38.2 Å². The zero-order valence-electron chi connectivity index (χ0n) is 11.1. The summed E-state index contributed by atoms with van der Waals surface area (Å²) in [7, 11) is 0. The van der Waals surface area contributed by atoms with Crippen molar-refractivity contribution in [3.63, 3.8) is 0 Å². The maximum atomic E-state index is 11.9. The van der Waals surface area contributed by atoms with Gasteiger partial charge in [-0.3, -0.25) is 4.79 Å². The second-order valence-electron chi connectivity index (χ2n) is 4.73. The highest BCUT2D eigenvalue weighted by molar-refractivity contribution is 5.96. The summed E-state index contributed by atoms with van der Waals surface area (Å²) in [5, 5.41) is 3.26. The zero-order valence-corrected chi connectivity index (χ0v) is 11.1. The molecule has 0 saturated carbocycles. The maximum absolute atomic E-state index is 11.9. The molecule has 17 heavy (non-hydrogen) atoms. The summed E-state index contributed by atoms with van der Waals surface area (Å²) in [4.78, 5) is 11.9. The molecule has 0 spiro atoms. The lowest BCUT2D eigenvalue weighted by molar-refractivity contribution is 0.0982. The highest BCUT2D eigenvalue weighted by Gasteiger charge is 2.05. The summed E-state index contributed by atoms with van der Waals surface area (Å²) < 4.78 is 0. The first kappa shape index (κ1) is 13.9. The Morgan fingerprint density at radius 2 is 1.88 bits per heavy atom. The smallest absolute Gasteiger partial charge is 0.164 e. The molecule has 94 valence electrons. The standard InChI is InChI=1S/C15H23NO/c1-4-5-13-6-8-14(9-7-13)15(17)10-11-16-12(2)3/h6-9,12,16H,4-5,10-11H2,1-3H3. The van der Waals surface area contributed by atoms with Gasteiger partial charge in [0, 0.05) is 24.6 Å². The molecule has 1 aromatic rings. The summed E-state index contributed by atoms with van der Waals surface area (Å²) in [6.45, 7) is 7.10. The average molecular weight is 233 g/mol. The topological polar surface area (TPSA) is 29.1 Å². The second kappa shape index (κ2) is 7.23. The van der Waals surface area contributed by atoms with Gasteiger partial charge >= 0.3 is 0 Å². The first-order chi connectivity index (χ1) is 8.13. The Labute approximate surface area is 104 Å². The van der Waals surface area contributed by atoms with E-state index in [0.717, 1.165) is 24.9 Å². The predicted molar refractivity (Wildman–Crippen MR) is 72.5 cm³/mol. The number of nitrogens with one attached hydrogen (secondary N) is 1. The van der Waals surface area contributed by atoms with Crippen LogP contribution in [0.25, 0.3) is 0 Å². The van der Waals surface area contributed by atoms with Crippen LogP contribution in [0, 0.1) is 0 Å². The van der Waals surface area contributed by atoms with Crippen LogP contribution >= 0.6 is 0 Å². The molecule has 0 aliphatic carbocycles. The zero-order chi connectivity index (χ0) is 12.7. The Bertz CT molecular complexity index is 340. The van der Waals surface area contributed by atoms with Crippen LogP contribution in [-0.4, -0.2) is 18.4 Å². The first-order valence-electron chi connectivity index (χ1n) is 6.49. The van der Waals surface area contributed by atoms with Crippen LogP contribution in [-0.2, 0) is 6.42 Å². The Hall–Kier alpha value is -1.15. The van der Waals surface area contributed by atoms with Gasteiger partial charge in [0.05, 0.1) is 0 Å². The van der Waals surface area contributed by atoms with Crippen LogP contribution in [0.3, 0.4) is 0 Å². The minimum Gasteiger partial charge on any atom is -0.314 e. The van der Waals surface area contributed by atoms with Crippen molar-refractivity contribution in [2.45, 2.75) is 46.1 Å². The van der Waals surface area contributed by atoms with E-state index in [1.54, 1.807) is 0 Å². The van der Waals surface area contributed by atoms with Crippen molar-refractivity contribution < 1.29 is 4.79 Å². The van der Waals surface area contributed by atoms with Crippen molar-refractivity contribution in [2.75, 3.05) is 6.54 Å². The molecule has 0 aromatic heterocycles. The normalized spacial score (nSPS) is 10.8. The Morgan fingerprint density at radius 3 is 2.41 bits per heavy atom. The molecule has 0 aliphatic rings. The predicted octanol–water partition coefficient (Wildman–Crippen LogP) is 3.21. The number of carbonyl (C=O) groups excluding carboxylic acids is 1. The number of rotatable bonds is 7. The summed E-state index contributed by atoms with van der Waals surface area (Å²) in [6.07, 6.45) is 2.81. The van der Waals surface area contributed by atoms with E-state index in [4.69, 9.17) is 0 Å². The fraction of sp³-hybridized carbons (Fsp3) is 0.533. The lowest BCUT2D eigenvalue weighted by atomic mass is 10.0. The number of carbonyl (C=O) groups is 1. The van der Waals surface area contributed by atoms with E-state index in [-0.39, 0.29) is 5.78 Å². The maximum Gasteiger partial charge on any atom is 0.164 e. The lowest BCUT2D eigenvalue weighted by Gasteiger charge is -2.07. The van der Waals surface area contributed by atoms with Gasteiger partial charge in [-0.1, -0.05) is 51.5 Å². The third-order valence-electron chi connectivity index (χ3n) is 2.72. The molecule has 0 atom stereocenters. The van der Waals surface area contributed by atoms with Gasteiger partial charge in [-0.2, -0.15) is 0 Å². The molecule has 0 amide bonds. The molecule has 0 fully saturated rings. The number of ketones is 1. The van der Waals surface area contributed by atoms with Crippen molar-refractivity contribution >= 4 is 5.78 Å². The van der Waals surface area contributed by atoms with E-state index < -0.39 is 0 Å². The Morgan fingerprint density at radius 1 is 1.24 bits per heavy atom. The molecular weight excluding hydrogens is 210 g/mol. The van der Waals surface area contributed by atoms with Crippen LogP contribution in [0.15, 0.2) is 24.3 Å². The molecular formula is C15H23NO.